The summed E-state index contributed by atoms with van der Waals surface area (Å²) in [6.07, 6.45) is 3.02. The lowest BCUT2D eigenvalue weighted by atomic mass is 10.2. The Bertz CT molecular complexity index is 835. The highest BCUT2D eigenvalue weighted by Gasteiger charge is 2.17. The van der Waals surface area contributed by atoms with Gasteiger partial charge in [-0.05, 0) is 25.2 Å². The highest BCUT2D eigenvalue weighted by molar-refractivity contribution is 6.34. The minimum Gasteiger partial charge on any atom is -0.465 e. The topological polar surface area (TPSA) is 87.7 Å². The van der Waals surface area contributed by atoms with Crippen LogP contribution >= 0.6 is 11.6 Å². The maximum Gasteiger partial charge on any atom is 0.337 e. The molecular weight excluding hydrogens is 370 g/mol. The van der Waals surface area contributed by atoms with Crippen molar-refractivity contribution < 1.29 is 14.3 Å². The van der Waals surface area contributed by atoms with E-state index in [9.17, 15) is 9.59 Å². The number of benzene rings is 1. The zero-order valence-corrected chi connectivity index (χ0v) is 15.9. The lowest BCUT2D eigenvalue weighted by Crippen LogP contribution is -2.44. The molecule has 0 atom stereocenters. The Morgan fingerprint density at radius 2 is 1.89 bits per heavy atom. The number of nitrogens with one attached hydrogen (secondary N) is 1. The zero-order chi connectivity index (χ0) is 19.4. The molecule has 0 radical (unpaired) electrons. The fourth-order valence-corrected chi connectivity index (χ4v) is 2.85. The normalized spacial score (nSPS) is 14.7. The molecule has 1 aromatic heterocycles. The Hall–Kier alpha value is -2.71. The van der Waals surface area contributed by atoms with E-state index < -0.39 is 11.9 Å². The third kappa shape index (κ3) is 4.53. The number of methoxy groups -OCH3 is 1. The molecule has 1 aliphatic heterocycles. The average Bonchev–Trinajstić information content (AvgIpc) is 2.69. The molecule has 1 N–H and O–H groups in total. The molecule has 1 fully saturated rings. The van der Waals surface area contributed by atoms with E-state index in [4.69, 9.17) is 11.6 Å². The third-order valence-corrected chi connectivity index (χ3v) is 4.66. The number of piperazine rings is 1. The smallest absolute Gasteiger partial charge is 0.337 e. The van der Waals surface area contributed by atoms with E-state index in [1.54, 1.807) is 6.20 Å². The first-order chi connectivity index (χ1) is 13.0. The average molecular weight is 390 g/mol. The van der Waals surface area contributed by atoms with Gasteiger partial charge in [0.2, 0.25) is 0 Å². The standard InChI is InChI=1S/C18H20ClN5O3/c1-23-5-7-24(8-6-23)16-11-20-15(10-21-16)17(25)22-14-9-12(18(26)27-2)3-4-13(14)19/h3-4,9-11H,5-8H2,1-2H3,(H,22,25). The highest BCUT2D eigenvalue weighted by Crippen LogP contribution is 2.24. The molecule has 3 rings (SSSR count). The number of anilines is 2. The summed E-state index contributed by atoms with van der Waals surface area (Å²) < 4.78 is 4.67. The van der Waals surface area contributed by atoms with Crippen LogP contribution in [0.2, 0.25) is 5.02 Å². The molecule has 1 amide bonds. The van der Waals surface area contributed by atoms with Crippen LogP contribution in [0, 0.1) is 0 Å². The molecule has 1 saturated heterocycles. The van der Waals surface area contributed by atoms with Gasteiger partial charge in [-0.1, -0.05) is 11.6 Å². The number of aromatic nitrogens is 2. The number of hydrogen-bond acceptors (Lipinski definition) is 7. The number of ether oxygens (including phenoxy) is 1. The molecule has 0 unspecified atom stereocenters. The Kier molecular flexibility index (Phi) is 5.88. The van der Waals surface area contributed by atoms with E-state index in [1.165, 1.54) is 31.5 Å². The first kappa shape index (κ1) is 19.1. The number of hydrogen-bond donors (Lipinski definition) is 1. The predicted octanol–water partition coefficient (Wildman–Crippen LogP) is 1.92. The summed E-state index contributed by atoms with van der Waals surface area (Å²) in [4.78, 5) is 37.0. The van der Waals surface area contributed by atoms with Crippen LogP contribution in [0.3, 0.4) is 0 Å². The maximum absolute atomic E-state index is 12.4. The van der Waals surface area contributed by atoms with Gasteiger partial charge in [0.15, 0.2) is 0 Å². The summed E-state index contributed by atoms with van der Waals surface area (Å²) in [5.41, 5.74) is 0.746. The van der Waals surface area contributed by atoms with Gasteiger partial charge in [-0.3, -0.25) is 4.79 Å². The summed E-state index contributed by atoms with van der Waals surface area (Å²) in [6.45, 7) is 3.65. The zero-order valence-electron chi connectivity index (χ0n) is 15.1. The second-order valence-corrected chi connectivity index (χ2v) is 6.60. The molecule has 0 saturated carbocycles. The number of rotatable bonds is 4. The van der Waals surface area contributed by atoms with Gasteiger partial charge in [-0.25, -0.2) is 14.8 Å². The molecule has 1 aromatic carbocycles. The van der Waals surface area contributed by atoms with Crippen LogP contribution < -0.4 is 10.2 Å². The summed E-state index contributed by atoms with van der Waals surface area (Å²) in [7, 11) is 3.36. The van der Waals surface area contributed by atoms with Crippen molar-refractivity contribution in [1.82, 2.24) is 14.9 Å². The monoisotopic (exact) mass is 389 g/mol. The quantitative estimate of drug-likeness (QED) is 0.799. The molecule has 27 heavy (non-hydrogen) atoms. The molecule has 2 aromatic rings. The minimum absolute atomic E-state index is 0.160. The molecule has 0 aliphatic carbocycles. The third-order valence-electron chi connectivity index (χ3n) is 4.33. The molecule has 8 nitrogen and oxygen atoms in total. The second-order valence-electron chi connectivity index (χ2n) is 6.19. The van der Waals surface area contributed by atoms with E-state index in [0.29, 0.717) is 10.7 Å². The molecule has 0 bridgehead atoms. The van der Waals surface area contributed by atoms with Crippen LogP contribution in [0.25, 0.3) is 0 Å². The van der Waals surface area contributed by atoms with Gasteiger partial charge < -0.3 is 19.9 Å². The van der Waals surface area contributed by atoms with E-state index in [2.05, 4.69) is 36.9 Å². The van der Waals surface area contributed by atoms with Crippen molar-refractivity contribution in [3.05, 3.63) is 46.9 Å². The van der Waals surface area contributed by atoms with Gasteiger partial charge in [0.1, 0.15) is 11.5 Å². The molecule has 142 valence electrons. The Morgan fingerprint density at radius 3 is 2.52 bits per heavy atom. The summed E-state index contributed by atoms with van der Waals surface area (Å²) in [5.74, 6) is -0.236. The Morgan fingerprint density at radius 1 is 1.15 bits per heavy atom. The molecule has 0 spiro atoms. The lowest BCUT2D eigenvalue weighted by Gasteiger charge is -2.32. The molecule has 9 heteroatoms. The summed E-state index contributed by atoms with van der Waals surface area (Å²) in [6, 6.07) is 4.50. The number of nitrogens with zero attached hydrogens (tertiary/aromatic N) is 4. The number of carbonyl (C=O) groups is 2. The van der Waals surface area contributed by atoms with Crippen LogP contribution in [-0.4, -0.2) is 67.1 Å². The predicted molar refractivity (Wildman–Crippen MR) is 102 cm³/mol. The fourth-order valence-electron chi connectivity index (χ4n) is 2.69. The van der Waals surface area contributed by atoms with Crippen LogP contribution in [0.5, 0.6) is 0 Å². The van der Waals surface area contributed by atoms with Crippen molar-refractivity contribution in [2.45, 2.75) is 0 Å². The van der Waals surface area contributed by atoms with Gasteiger partial charge in [0.25, 0.3) is 5.91 Å². The number of carbonyl (C=O) groups excluding carboxylic acids is 2. The van der Waals surface area contributed by atoms with Gasteiger partial charge >= 0.3 is 5.97 Å². The van der Waals surface area contributed by atoms with Crippen molar-refractivity contribution in [1.29, 1.82) is 0 Å². The number of amides is 1. The molecular formula is C18H20ClN5O3. The van der Waals surface area contributed by atoms with Gasteiger partial charge in [0.05, 0.1) is 35.8 Å². The van der Waals surface area contributed by atoms with Crippen molar-refractivity contribution in [3.8, 4) is 0 Å². The van der Waals surface area contributed by atoms with Crippen LogP contribution in [0.1, 0.15) is 20.8 Å². The van der Waals surface area contributed by atoms with Gasteiger partial charge in [-0.2, -0.15) is 0 Å². The van der Waals surface area contributed by atoms with Crippen molar-refractivity contribution in [2.24, 2.45) is 0 Å². The first-order valence-corrected chi connectivity index (χ1v) is 8.80. The number of likely N-dealkylation sites (N-methyl/N-ethyl adjacent to an activating group) is 1. The lowest BCUT2D eigenvalue weighted by molar-refractivity contribution is 0.0600. The minimum atomic E-state index is -0.515. The van der Waals surface area contributed by atoms with Crippen LogP contribution in [-0.2, 0) is 4.74 Å². The largest absolute Gasteiger partial charge is 0.465 e. The fraction of sp³-hybridized carbons (Fsp3) is 0.333. The maximum atomic E-state index is 12.4. The Balaban J connectivity index is 1.70. The van der Waals surface area contributed by atoms with E-state index in [0.717, 1.165) is 32.0 Å². The SMILES string of the molecule is COC(=O)c1ccc(Cl)c(NC(=O)c2cnc(N3CCN(C)CC3)cn2)c1. The summed E-state index contributed by atoms with van der Waals surface area (Å²) >= 11 is 6.10. The van der Waals surface area contributed by atoms with E-state index in [-0.39, 0.29) is 11.3 Å². The van der Waals surface area contributed by atoms with Crippen molar-refractivity contribution >= 4 is 35.0 Å². The second kappa shape index (κ2) is 8.32. The van der Waals surface area contributed by atoms with E-state index in [1.807, 2.05) is 0 Å². The molecule has 2 heterocycles. The molecule has 1 aliphatic rings. The van der Waals surface area contributed by atoms with Crippen LogP contribution in [0.4, 0.5) is 11.5 Å². The van der Waals surface area contributed by atoms with Crippen molar-refractivity contribution in [3.63, 3.8) is 0 Å². The summed E-state index contributed by atoms with van der Waals surface area (Å²) in [5, 5.41) is 2.95. The van der Waals surface area contributed by atoms with Crippen LogP contribution in [0.15, 0.2) is 30.6 Å². The van der Waals surface area contributed by atoms with E-state index >= 15 is 0 Å². The van der Waals surface area contributed by atoms with Gasteiger partial charge in [-0.15, -0.1) is 0 Å². The first-order valence-electron chi connectivity index (χ1n) is 8.42. The van der Waals surface area contributed by atoms with Crippen molar-refractivity contribution in [2.75, 3.05) is 50.6 Å². The number of esters is 1. The van der Waals surface area contributed by atoms with Gasteiger partial charge in [0, 0.05) is 26.2 Å². The Labute approximate surface area is 162 Å². The number of halogens is 1. The highest BCUT2D eigenvalue weighted by atomic mass is 35.5.